The van der Waals surface area contributed by atoms with Gasteiger partial charge in [0, 0.05) is 55.5 Å². The summed E-state index contributed by atoms with van der Waals surface area (Å²) in [7, 11) is 0. The molecule has 0 radical (unpaired) electrons. The van der Waals surface area contributed by atoms with Crippen molar-refractivity contribution in [2.75, 3.05) is 6.61 Å². The molecule has 2 heterocycles. The summed E-state index contributed by atoms with van der Waals surface area (Å²) in [5.41, 5.74) is 2.00. The third-order valence-corrected chi connectivity index (χ3v) is 4.45. The van der Waals surface area contributed by atoms with E-state index in [2.05, 4.69) is 61.4 Å². The highest BCUT2D eigenvalue weighted by atomic mass is 128. The molecule has 0 bridgehead atoms. The molecule has 5 nitrogen and oxygen atoms in total. The lowest BCUT2D eigenvalue weighted by molar-refractivity contribution is -0.118. The van der Waals surface area contributed by atoms with Crippen LogP contribution in [0.25, 0.3) is 0 Å². The molecule has 0 spiro atoms. The Morgan fingerprint density at radius 2 is 1.79 bits per heavy atom. The van der Waals surface area contributed by atoms with E-state index in [1.54, 1.807) is 6.20 Å². The van der Waals surface area contributed by atoms with Crippen molar-refractivity contribution in [3.63, 3.8) is 0 Å². The fourth-order valence-electron chi connectivity index (χ4n) is 2.28. The van der Waals surface area contributed by atoms with Gasteiger partial charge in [-0.05, 0) is 36.2 Å². The molecule has 0 aliphatic carbocycles. The molecule has 1 aromatic heterocycles. The van der Waals surface area contributed by atoms with Gasteiger partial charge < -0.3 is 4.74 Å². The Bertz CT molecular complexity index is 715. The summed E-state index contributed by atoms with van der Waals surface area (Å²) < 4.78 is 5.69. The number of pyridine rings is 1. The van der Waals surface area contributed by atoms with Crippen molar-refractivity contribution in [2.45, 2.75) is 38.4 Å². The van der Waals surface area contributed by atoms with Gasteiger partial charge in [-0.1, -0.05) is 50.2 Å². The third kappa shape index (κ3) is 9.55. The molecule has 28 heavy (non-hydrogen) atoms. The van der Waals surface area contributed by atoms with Gasteiger partial charge in [-0.15, -0.1) is 0 Å². The maximum atomic E-state index is 11.5. The van der Waals surface area contributed by atoms with E-state index in [9.17, 15) is 9.59 Å². The van der Waals surface area contributed by atoms with E-state index in [1.807, 2.05) is 42.5 Å². The number of benzene rings is 1. The number of hydrogen-bond acceptors (Lipinski definition) is 5. The predicted molar refractivity (Wildman–Crippen MR) is 133 cm³/mol. The lowest BCUT2D eigenvalue weighted by atomic mass is 10.1. The molecule has 1 aliphatic rings. The van der Waals surface area contributed by atoms with Crippen LogP contribution >= 0.6 is 49.0 Å². The molecule has 1 aliphatic heterocycles. The molecule has 1 unspecified atom stereocenters. The van der Waals surface area contributed by atoms with Crippen LogP contribution < -0.4 is 10.1 Å². The molecule has 152 valence electrons. The highest BCUT2D eigenvalue weighted by Crippen LogP contribution is 2.23. The van der Waals surface area contributed by atoms with Crippen LogP contribution in [0.4, 0.5) is 4.79 Å². The zero-order valence-electron chi connectivity index (χ0n) is 15.9. The zero-order chi connectivity index (χ0) is 20.8. The van der Waals surface area contributed by atoms with Crippen LogP contribution in [0.3, 0.4) is 0 Å². The average molecular weight is 626 g/mol. The number of thioether (sulfide) groups is 1. The van der Waals surface area contributed by atoms with E-state index in [1.165, 1.54) is 6.42 Å². The van der Waals surface area contributed by atoms with E-state index in [0.717, 1.165) is 35.2 Å². The Kier molecular flexibility index (Phi) is 13.5. The summed E-state index contributed by atoms with van der Waals surface area (Å²) in [6, 6.07) is 13.4. The molecule has 1 fully saturated rings. The molecular formula is C20H24I2N2O3S. The summed E-state index contributed by atoms with van der Waals surface area (Å²) in [5.74, 6) is 0.569. The summed E-state index contributed by atoms with van der Waals surface area (Å²) >= 11 is 5.29. The summed E-state index contributed by atoms with van der Waals surface area (Å²) in [6.45, 7) is 4.81. The average Bonchev–Trinajstić information content (AvgIpc) is 3.03. The van der Waals surface area contributed by atoms with Crippen molar-refractivity contribution in [1.29, 1.82) is 0 Å². The maximum Gasteiger partial charge on any atom is 0.286 e. The first-order valence-electron chi connectivity index (χ1n) is 8.89. The smallest absolute Gasteiger partial charge is 0.286 e. The summed E-state index contributed by atoms with van der Waals surface area (Å²) in [6.07, 6.45) is 4.31. The monoisotopic (exact) mass is 626 g/mol. The van der Waals surface area contributed by atoms with Crippen LogP contribution in [0, 0.1) is 0 Å². The van der Waals surface area contributed by atoms with E-state index < -0.39 is 0 Å². The quantitative estimate of drug-likeness (QED) is 0.412. The molecule has 1 atom stereocenters. The van der Waals surface area contributed by atoms with E-state index in [0.29, 0.717) is 13.0 Å². The first-order valence-corrected chi connectivity index (χ1v) is 16.1. The second-order valence-corrected chi connectivity index (χ2v) is 7.03. The van der Waals surface area contributed by atoms with Gasteiger partial charge in [0.25, 0.3) is 5.24 Å². The van der Waals surface area contributed by atoms with Crippen LogP contribution in [-0.2, 0) is 17.6 Å². The first-order chi connectivity index (χ1) is 13.6. The molecule has 3 rings (SSSR count). The first kappa shape index (κ1) is 25.2. The van der Waals surface area contributed by atoms with Gasteiger partial charge in [0.05, 0.1) is 11.9 Å². The molecule has 2 amide bonds. The standard InChI is InChI=1S/C17H16N2O3S.C3H8.I2/c20-16-15(23-17(21)19-16)11-12-4-6-14(7-5-12)22-10-8-13-3-1-2-9-18-13;1-3-2;1-2/h1-7,9,15H,8,10-11H2,(H,19,20,21);3H2,1-2H3;. The molecule has 1 N–H and O–H groups in total. The van der Waals surface area contributed by atoms with Crippen molar-refractivity contribution >= 4 is 60.1 Å². The van der Waals surface area contributed by atoms with Crippen molar-refractivity contribution in [2.24, 2.45) is 0 Å². The molecule has 1 saturated heterocycles. The van der Waals surface area contributed by atoms with Gasteiger partial charge in [0.1, 0.15) is 5.75 Å². The second kappa shape index (κ2) is 15.0. The molecule has 2 aromatic rings. The molecular weight excluding hydrogens is 602 g/mol. The van der Waals surface area contributed by atoms with Gasteiger partial charge in [-0.25, -0.2) is 0 Å². The van der Waals surface area contributed by atoms with Gasteiger partial charge in [-0.2, -0.15) is 0 Å². The lowest BCUT2D eigenvalue weighted by Gasteiger charge is -2.08. The van der Waals surface area contributed by atoms with Crippen LogP contribution in [0.2, 0.25) is 0 Å². The number of carbonyl (C=O) groups is 2. The van der Waals surface area contributed by atoms with E-state index >= 15 is 0 Å². The minimum atomic E-state index is -0.335. The second-order valence-electron chi connectivity index (χ2n) is 5.86. The number of ether oxygens (including phenoxy) is 1. The van der Waals surface area contributed by atoms with Crippen molar-refractivity contribution in [3.05, 3.63) is 59.9 Å². The SMILES string of the molecule is CCC.II.O=C1NC(=O)C(Cc2ccc(OCCc3ccccn3)cc2)S1. The normalized spacial score (nSPS) is 14.9. The fraction of sp³-hybridized carbons (Fsp3) is 0.350. The summed E-state index contributed by atoms with van der Waals surface area (Å²) in [5, 5.41) is 1.69. The topological polar surface area (TPSA) is 68.3 Å². The van der Waals surface area contributed by atoms with Gasteiger partial charge in [0.2, 0.25) is 5.91 Å². The van der Waals surface area contributed by atoms with Crippen molar-refractivity contribution in [3.8, 4) is 5.75 Å². The van der Waals surface area contributed by atoms with E-state index in [4.69, 9.17) is 4.74 Å². The Morgan fingerprint density at radius 1 is 1.11 bits per heavy atom. The molecule has 1 aromatic carbocycles. The van der Waals surface area contributed by atoms with Crippen molar-refractivity contribution in [1.82, 2.24) is 10.3 Å². The number of nitrogens with one attached hydrogen (secondary N) is 1. The van der Waals surface area contributed by atoms with Gasteiger partial charge in [-0.3, -0.25) is 19.9 Å². The highest BCUT2D eigenvalue weighted by Gasteiger charge is 2.31. The van der Waals surface area contributed by atoms with Gasteiger partial charge in [0.15, 0.2) is 0 Å². The molecule has 8 heteroatoms. The third-order valence-electron chi connectivity index (χ3n) is 3.46. The number of imide groups is 1. The fourth-order valence-corrected chi connectivity index (χ4v) is 3.14. The predicted octanol–water partition coefficient (Wildman–Crippen LogP) is 5.78. The number of nitrogens with zero attached hydrogens (tertiary/aromatic N) is 1. The van der Waals surface area contributed by atoms with Crippen LogP contribution in [0.1, 0.15) is 31.5 Å². The number of hydrogen-bond donors (Lipinski definition) is 1. The Labute approximate surface area is 194 Å². The van der Waals surface area contributed by atoms with Crippen molar-refractivity contribution < 1.29 is 14.3 Å². The summed E-state index contributed by atoms with van der Waals surface area (Å²) in [4.78, 5) is 26.9. The minimum absolute atomic E-state index is 0.212. The van der Waals surface area contributed by atoms with Crippen LogP contribution in [-0.4, -0.2) is 28.0 Å². The van der Waals surface area contributed by atoms with Crippen LogP contribution in [0.5, 0.6) is 5.75 Å². The maximum absolute atomic E-state index is 11.5. The zero-order valence-corrected chi connectivity index (χ0v) is 21.0. The Hall–Kier alpha value is -0.880. The Morgan fingerprint density at radius 3 is 2.32 bits per heavy atom. The van der Waals surface area contributed by atoms with Crippen LogP contribution in [0.15, 0.2) is 48.7 Å². The largest absolute Gasteiger partial charge is 0.493 e. The van der Waals surface area contributed by atoms with Gasteiger partial charge >= 0.3 is 0 Å². The number of aromatic nitrogens is 1. The number of amides is 2. The lowest BCUT2D eigenvalue weighted by Crippen LogP contribution is -2.25. The Balaban J connectivity index is 0.000000717. The molecule has 0 saturated carbocycles. The highest BCUT2D eigenvalue weighted by molar-refractivity contribution is 15.0. The number of halogens is 2. The number of rotatable bonds is 6. The van der Waals surface area contributed by atoms with E-state index in [-0.39, 0.29) is 16.4 Å². The number of carbonyl (C=O) groups excluding carboxylic acids is 2. The minimum Gasteiger partial charge on any atom is -0.493 e.